The maximum absolute atomic E-state index is 10.8. The van der Waals surface area contributed by atoms with Crippen molar-refractivity contribution in [2.24, 2.45) is 16.5 Å². The number of hydrogen-bond donors (Lipinski definition) is 5. The second-order valence-corrected chi connectivity index (χ2v) is 3.06. The van der Waals surface area contributed by atoms with Gasteiger partial charge in [-0.1, -0.05) is 0 Å². The number of aliphatic carboxylic acids is 1. The van der Waals surface area contributed by atoms with Crippen LogP contribution in [0.3, 0.4) is 0 Å². The lowest BCUT2D eigenvalue weighted by Gasteiger charge is -2.05. The lowest BCUT2D eigenvalue weighted by atomic mass is 10.2. The first-order valence-electron chi connectivity index (χ1n) is 4.74. The molecule has 0 unspecified atom stereocenters. The monoisotopic (exact) mass is 231 g/mol. The van der Waals surface area contributed by atoms with Crippen molar-refractivity contribution in [1.29, 1.82) is 0 Å². The third-order valence-electron chi connectivity index (χ3n) is 1.74. The van der Waals surface area contributed by atoms with Gasteiger partial charge in [-0.2, -0.15) is 0 Å². The van der Waals surface area contributed by atoms with Crippen molar-refractivity contribution in [3.63, 3.8) is 0 Å². The Morgan fingerprint density at radius 3 is 2.62 bits per heavy atom. The summed E-state index contributed by atoms with van der Waals surface area (Å²) >= 11 is 0. The highest BCUT2D eigenvalue weighted by Gasteiger charge is 2.09. The largest absolute Gasteiger partial charge is 0.480 e. The van der Waals surface area contributed by atoms with Gasteiger partial charge in [0.05, 0.1) is 0 Å². The van der Waals surface area contributed by atoms with Gasteiger partial charge in [-0.3, -0.25) is 15.1 Å². The van der Waals surface area contributed by atoms with Crippen LogP contribution in [0.25, 0.3) is 0 Å². The number of carboxylic acid groups (broad SMARTS) is 1. The first-order chi connectivity index (χ1) is 7.47. The van der Waals surface area contributed by atoms with Crippen LogP contribution in [0.15, 0.2) is 4.99 Å². The van der Waals surface area contributed by atoms with Crippen LogP contribution in [-0.2, 0) is 4.79 Å². The van der Waals surface area contributed by atoms with Crippen LogP contribution in [0.1, 0.15) is 12.8 Å². The number of urea groups is 1. The molecule has 7 N–H and O–H groups in total. The zero-order chi connectivity index (χ0) is 12.6. The third kappa shape index (κ3) is 6.60. The molecular formula is C8H17N5O3. The van der Waals surface area contributed by atoms with E-state index in [1.165, 1.54) is 7.05 Å². The van der Waals surface area contributed by atoms with Gasteiger partial charge >= 0.3 is 12.0 Å². The van der Waals surface area contributed by atoms with E-state index >= 15 is 0 Å². The predicted octanol–water partition coefficient (Wildman–Crippen LogP) is -1.58. The number of carbonyl (C=O) groups is 2. The Bertz CT molecular complexity index is 279. The summed E-state index contributed by atoms with van der Waals surface area (Å²) in [6.45, 7) is 0.316. The maximum Gasteiger partial charge on any atom is 0.321 e. The first-order valence-corrected chi connectivity index (χ1v) is 4.74. The Morgan fingerprint density at radius 1 is 1.50 bits per heavy atom. The molecule has 0 bridgehead atoms. The van der Waals surface area contributed by atoms with Gasteiger partial charge in [0.25, 0.3) is 0 Å². The van der Waals surface area contributed by atoms with Crippen molar-refractivity contribution in [2.75, 3.05) is 13.6 Å². The van der Waals surface area contributed by atoms with Crippen LogP contribution in [0.5, 0.6) is 0 Å². The quantitative estimate of drug-likeness (QED) is 0.220. The van der Waals surface area contributed by atoms with Crippen LogP contribution in [0, 0.1) is 0 Å². The minimum Gasteiger partial charge on any atom is -0.480 e. The Hall–Kier alpha value is -1.83. The van der Waals surface area contributed by atoms with Crippen molar-refractivity contribution < 1.29 is 14.7 Å². The number of nitrogens with zero attached hydrogens (tertiary/aromatic N) is 1. The van der Waals surface area contributed by atoms with Crippen LogP contribution in [0.2, 0.25) is 0 Å². The SMILES string of the molecule is CNC(=O)NC(N)=NCCC[C@H](N)C(=O)O. The highest BCUT2D eigenvalue weighted by molar-refractivity contribution is 5.95. The lowest BCUT2D eigenvalue weighted by molar-refractivity contribution is -0.138. The third-order valence-corrected chi connectivity index (χ3v) is 1.74. The minimum absolute atomic E-state index is 0.0109. The summed E-state index contributed by atoms with van der Waals surface area (Å²) < 4.78 is 0. The topological polar surface area (TPSA) is 143 Å². The first kappa shape index (κ1) is 14.2. The van der Waals surface area contributed by atoms with Gasteiger partial charge in [0, 0.05) is 13.6 Å². The van der Waals surface area contributed by atoms with Crippen molar-refractivity contribution in [3.8, 4) is 0 Å². The number of guanidine groups is 1. The van der Waals surface area contributed by atoms with E-state index < -0.39 is 18.0 Å². The molecule has 0 radical (unpaired) electrons. The van der Waals surface area contributed by atoms with Crippen molar-refractivity contribution in [3.05, 3.63) is 0 Å². The molecule has 0 fully saturated rings. The van der Waals surface area contributed by atoms with Gasteiger partial charge in [0.1, 0.15) is 6.04 Å². The van der Waals surface area contributed by atoms with Crippen molar-refractivity contribution in [2.45, 2.75) is 18.9 Å². The Labute approximate surface area is 93.1 Å². The van der Waals surface area contributed by atoms with Gasteiger partial charge in [0.15, 0.2) is 5.96 Å². The van der Waals surface area contributed by atoms with Gasteiger partial charge in [0.2, 0.25) is 0 Å². The summed E-state index contributed by atoms with van der Waals surface area (Å²) in [4.78, 5) is 24.9. The summed E-state index contributed by atoms with van der Waals surface area (Å²) in [5.41, 5.74) is 10.6. The zero-order valence-corrected chi connectivity index (χ0v) is 9.06. The summed E-state index contributed by atoms with van der Waals surface area (Å²) in [5, 5.41) is 13.1. The summed E-state index contributed by atoms with van der Waals surface area (Å²) in [7, 11) is 1.45. The number of carbonyl (C=O) groups excluding carboxylic acids is 1. The molecule has 0 aliphatic heterocycles. The maximum atomic E-state index is 10.8. The van der Waals surface area contributed by atoms with E-state index in [9.17, 15) is 9.59 Å². The Balaban J connectivity index is 3.75. The molecule has 0 aliphatic rings. The summed E-state index contributed by atoms with van der Waals surface area (Å²) in [6, 6.07) is -1.34. The molecular weight excluding hydrogens is 214 g/mol. The molecule has 1 atom stereocenters. The number of carboxylic acids is 1. The molecule has 0 rings (SSSR count). The fraction of sp³-hybridized carbons (Fsp3) is 0.625. The average molecular weight is 231 g/mol. The van der Waals surface area contributed by atoms with E-state index in [1.54, 1.807) is 0 Å². The summed E-state index contributed by atoms with van der Waals surface area (Å²) in [5.74, 6) is -1.05. The number of hydrogen-bond acceptors (Lipinski definition) is 4. The van der Waals surface area contributed by atoms with E-state index in [2.05, 4.69) is 15.6 Å². The molecule has 0 spiro atoms. The van der Waals surface area contributed by atoms with E-state index in [0.717, 1.165) is 0 Å². The molecule has 8 nitrogen and oxygen atoms in total. The highest BCUT2D eigenvalue weighted by atomic mass is 16.4. The summed E-state index contributed by atoms with van der Waals surface area (Å²) in [6.07, 6.45) is 0.801. The second kappa shape index (κ2) is 7.46. The second-order valence-electron chi connectivity index (χ2n) is 3.06. The normalized spacial score (nSPS) is 13.0. The van der Waals surface area contributed by atoms with Crippen LogP contribution < -0.4 is 22.1 Å². The smallest absolute Gasteiger partial charge is 0.321 e. The van der Waals surface area contributed by atoms with Crippen LogP contribution in [-0.4, -0.2) is 42.7 Å². The van der Waals surface area contributed by atoms with E-state index in [4.69, 9.17) is 16.6 Å². The Kier molecular flexibility index (Phi) is 6.61. The molecule has 0 saturated carbocycles. The molecule has 0 aromatic heterocycles. The zero-order valence-electron chi connectivity index (χ0n) is 9.06. The lowest BCUT2D eigenvalue weighted by Crippen LogP contribution is -2.42. The molecule has 0 aliphatic carbocycles. The van der Waals surface area contributed by atoms with E-state index in [1.807, 2.05) is 0 Å². The Morgan fingerprint density at radius 2 is 2.12 bits per heavy atom. The fourth-order valence-electron chi connectivity index (χ4n) is 0.853. The van der Waals surface area contributed by atoms with Gasteiger partial charge in [-0.25, -0.2) is 4.79 Å². The molecule has 0 aromatic carbocycles. The molecule has 0 saturated heterocycles. The number of aliphatic imine (C=N–C) groups is 1. The molecule has 2 amide bonds. The van der Waals surface area contributed by atoms with Gasteiger partial charge < -0.3 is 21.9 Å². The van der Waals surface area contributed by atoms with E-state index in [-0.39, 0.29) is 5.96 Å². The average Bonchev–Trinajstić information content (AvgIpc) is 2.23. The molecule has 0 aromatic rings. The number of nitrogens with one attached hydrogen (secondary N) is 2. The molecule has 92 valence electrons. The van der Waals surface area contributed by atoms with Gasteiger partial charge in [-0.05, 0) is 12.8 Å². The van der Waals surface area contributed by atoms with Crippen LogP contribution in [0.4, 0.5) is 4.79 Å². The number of amides is 2. The molecule has 8 heteroatoms. The van der Waals surface area contributed by atoms with Crippen molar-refractivity contribution in [1.82, 2.24) is 10.6 Å². The van der Waals surface area contributed by atoms with Crippen molar-refractivity contribution >= 4 is 18.0 Å². The molecule has 16 heavy (non-hydrogen) atoms. The minimum atomic E-state index is -1.04. The number of nitrogens with two attached hydrogens (primary N) is 2. The standard InChI is InChI=1S/C8H17N5O3/c1-11-8(16)13-7(10)12-4-2-3-5(9)6(14)15/h5H,2-4,9H2,1H3,(H,14,15)(H4,10,11,12,13,16)/t5-/m0/s1. The van der Waals surface area contributed by atoms with Gasteiger partial charge in [-0.15, -0.1) is 0 Å². The predicted molar refractivity (Wildman–Crippen MR) is 58.9 cm³/mol. The van der Waals surface area contributed by atoms with E-state index in [0.29, 0.717) is 19.4 Å². The van der Waals surface area contributed by atoms with Crippen LogP contribution >= 0.6 is 0 Å². The molecule has 0 heterocycles. The fourth-order valence-corrected chi connectivity index (χ4v) is 0.853. The number of rotatable bonds is 5. The highest BCUT2D eigenvalue weighted by Crippen LogP contribution is 1.94.